The maximum Gasteiger partial charge on any atom is 0.345 e. The van der Waals surface area contributed by atoms with Crippen LogP contribution in [0, 0.1) is 0 Å². The van der Waals surface area contributed by atoms with Crippen LogP contribution in [0.5, 0.6) is 17.2 Å². The zero-order chi connectivity index (χ0) is 17.1. The van der Waals surface area contributed by atoms with Crippen molar-refractivity contribution in [3.8, 4) is 17.2 Å². The van der Waals surface area contributed by atoms with Gasteiger partial charge >= 0.3 is 10.1 Å². The fourth-order valence-corrected chi connectivity index (χ4v) is 3.01. The zero-order valence-electron chi connectivity index (χ0n) is 11.5. The standard InChI is InChI=1S/C13H12O8S2/c14-10-5-1-2-6-11(10)20-9-22(15,16)21-12-7-3-4-8-13(12)23(17,18)19/h1-8,14H,9H2,(H,17,18,19). The molecule has 2 rings (SSSR count). The Morgan fingerprint density at radius 1 is 0.870 bits per heavy atom. The average Bonchev–Trinajstić information content (AvgIpc) is 2.45. The lowest BCUT2D eigenvalue weighted by Gasteiger charge is -2.11. The summed E-state index contributed by atoms with van der Waals surface area (Å²) in [5, 5.41) is 9.47. The van der Waals surface area contributed by atoms with Crippen molar-refractivity contribution < 1.29 is 35.4 Å². The molecule has 0 aliphatic heterocycles. The Hall–Kier alpha value is -2.30. The average molecular weight is 360 g/mol. The van der Waals surface area contributed by atoms with E-state index in [9.17, 15) is 21.9 Å². The number of ether oxygens (including phenoxy) is 1. The smallest absolute Gasteiger partial charge is 0.345 e. The number of benzene rings is 2. The van der Waals surface area contributed by atoms with Gasteiger partial charge in [0.25, 0.3) is 10.1 Å². The van der Waals surface area contributed by atoms with Crippen molar-refractivity contribution in [3.63, 3.8) is 0 Å². The summed E-state index contributed by atoms with van der Waals surface area (Å²) in [5.74, 6) is -1.87. The molecule has 0 aromatic heterocycles. The molecule has 2 N–H and O–H groups in total. The summed E-state index contributed by atoms with van der Waals surface area (Å²) in [5.41, 5.74) is 0. The number of phenolic OH excluding ortho intramolecular Hbond substituents is 1. The van der Waals surface area contributed by atoms with E-state index in [-0.39, 0.29) is 11.5 Å². The number of aromatic hydroxyl groups is 1. The topological polar surface area (TPSA) is 127 Å². The minimum absolute atomic E-state index is 0.0808. The van der Waals surface area contributed by atoms with Crippen molar-refractivity contribution in [2.75, 3.05) is 5.94 Å². The summed E-state index contributed by atoms with van der Waals surface area (Å²) < 4.78 is 64.7. The first-order valence-electron chi connectivity index (χ1n) is 6.08. The van der Waals surface area contributed by atoms with Crippen molar-refractivity contribution in [2.45, 2.75) is 4.90 Å². The Morgan fingerprint density at radius 3 is 2.04 bits per heavy atom. The van der Waals surface area contributed by atoms with Crippen molar-refractivity contribution >= 4 is 20.2 Å². The van der Waals surface area contributed by atoms with Gasteiger partial charge in [-0.2, -0.15) is 16.8 Å². The highest BCUT2D eigenvalue weighted by Gasteiger charge is 2.22. The minimum Gasteiger partial charge on any atom is -0.504 e. The van der Waals surface area contributed by atoms with Gasteiger partial charge in [0.1, 0.15) is 4.90 Å². The van der Waals surface area contributed by atoms with Gasteiger partial charge < -0.3 is 14.0 Å². The van der Waals surface area contributed by atoms with Gasteiger partial charge in [0, 0.05) is 0 Å². The van der Waals surface area contributed by atoms with Crippen LogP contribution in [0.4, 0.5) is 0 Å². The number of phenols is 1. The predicted molar refractivity (Wildman–Crippen MR) is 79.4 cm³/mol. The zero-order valence-corrected chi connectivity index (χ0v) is 13.1. The lowest BCUT2D eigenvalue weighted by molar-refractivity contribution is 0.333. The predicted octanol–water partition coefficient (Wildman–Crippen LogP) is 1.38. The van der Waals surface area contributed by atoms with Crippen LogP contribution in [0.3, 0.4) is 0 Å². The molecule has 0 spiro atoms. The molecule has 0 aliphatic rings. The fraction of sp³-hybridized carbons (Fsp3) is 0.0769. The molecule has 2 aromatic carbocycles. The maximum absolute atomic E-state index is 11.9. The van der Waals surface area contributed by atoms with Crippen LogP contribution in [-0.4, -0.2) is 32.4 Å². The third-order valence-corrected chi connectivity index (χ3v) is 4.30. The first-order chi connectivity index (χ1) is 10.7. The Bertz CT molecular complexity index is 903. The molecule has 0 atom stereocenters. The van der Waals surface area contributed by atoms with Gasteiger partial charge in [-0.05, 0) is 24.3 Å². The highest BCUT2D eigenvalue weighted by atomic mass is 32.2. The van der Waals surface area contributed by atoms with E-state index < -0.39 is 36.8 Å². The molecule has 0 heterocycles. The molecule has 0 aliphatic carbocycles. The summed E-state index contributed by atoms with van der Waals surface area (Å²) in [7, 11) is -8.99. The van der Waals surface area contributed by atoms with Gasteiger partial charge in [-0.1, -0.05) is 24.3 Å². The lowest BCUT2D eigenvalue weighted by atomic mass is 10.3. The van der Waals surface area contributed by atoms with Crippen molar-refractivity contribution in [1.82, 2.24) is 0 Å². The van der Waals surface area contributed by atoms with Gasteiger partial charge in [0.15, 0.2) is 17.2 Å². The Morgan fingerprint density at radius 2 is 1.43 bits per heavy atom. The second-order valence-electron chi connectivity index (χ2n) is 4.29. The number of rotatable bonds is 6. The normalized spacial score (nSPS) is 11.9. The van der Waals surface area contributed by atoms with E-state index in [0.29, 0.717) is 0 Å². The van der Waals surface area contributed by atoms with Crippen LogP contribution in [0.2, 0.25) is 0 Å². The van der Waals surface area contributed by atoms with E-state index in [2.05, 4.69) is 4.18 Å². The molecular formula is C13H12O8S2. The Labute approximate surface area is 132 Å². The molecule has 8 nitrogen and oxygen atoms in total. The van der Waals surface area contributed by atoms with Gasteiger partial charge in [0.2, 0.25) is 5.94 Å². The molecule has 0 fully saturated rings. The molecule has 0 radical (unpaired) electrons. The lowest BCUT2D eigenvalue weighted by Crippen LogP contribution is -2.19. The molecule has 23 heavy (non-hydrogen) atoms. The Kier molecular flexibility index (Phi) is 4.78. The van der Waals surface area contributed by atoms with Crippen LogP contribution in [0.15, 0.2) is 53.4 Å². The van der Waals surface area contributed by atoms with E-state index >= 15 is 0 Å². The molecule has 2 aromatic rings. The van der Waals surface area contributed by atoms with E-state index in [0.717, 1.165) is 12.1 Å². The van der Waals surface area contributed by atoms with E-state index in [4.69, 9.17) is 9.29 Å². The summed E-state index contributed by atoms with van der Waals surface area (Å²) >= 11 is 0. The molecule has 0 saturated carbocycles. The first-order valence-corrected chi connectivity index (χ1v) is 9.10. The first kappa shape index (κ1) is 17.1. The van der Waals surface area contributed by atoms with Crippen LogP contribution in [-0.2, 0) is 20.2 Å². The highest BCUT2D eigenvalue weighted by molar-refractivity contribution is 7.87. The fourth-order valence-electron chi connectivity index (χ4n) is 1.61. The number of hydrogen-bond donors (Lipinski definition) is 2. The summed E-state index contributed by atoms with van der Waals surface area (Å²) in [6.45, 7) is 0. The SMILES string of the molecule is O=S(=O)(COc1ccccc1O)Oc1ccccc1S(=O)(=O)O. The van der Waals surface area contributed by atoms with Crippen molar-refractivity contribution in [1.29, 1.82) is 0 Å². The third-order valence-electron chi connectivity index (χ3n) is 2.57. The summed E-state index contributed by atoms with van der Waals surface area (Å²) in [4.78, 5) is -0.689. The van der Waals surface area contributed by atoms with E-state index in [1.807, 2.05) is 0 Å². The molecule has 0 amide bonds. The van der Waals surface area contributed by atoms with Crippen LogP contribution >= 0.6 is 0 Å². The molecule has 0 saturated heterocycles. The van der Waals surface area contributed by atoms with Crippen molar-refractivity contribution in [3.05, 3.63) is 48.5 Å². The van der Waals surface area contributed by atoms with Crippen LogP contribution in [0.25, 0.3) is 0 Å². The second-order valence-corrected chi connectivity index (χ2v) is 7.20. The largest absolute Gasteiger partial charge is 0.504 e. The molecule has 10 heteroatoms. The van der Waals surface area contributed by atoms with Crippen LogP contribution < -0.4 is 8.92 Å². The Balaban J connectivity index is 2.18. The molecular weight excluding hydrogens is 348 g/mol. The van der Waals surface area contributed by atoms with Gasteiger partial charge in [-0.3, -0.25) is 4.55 Å². The monoisotopic (exact) mass is 360 g/mol. The van der Waals surface area contributed by atoms with Crippen LogP contribution in [0.1, 0.15) is 0 Å². The minimum atomic E-state index is -4.65. The van der Waals surface area contributed by atoms with Gasteiger partial charge in [-0.25, -0.2) is 0 Å². The number of hydrogen-bond acceptors (Lipinski definition) is 7. The van der Waals surface area contributed by atoms with E-state index in [1.165, 1.54) is 36.4 Å². The number of para-hydroxylation sites is 3. The molecule has 0 unspecified atom stereocenters. The van der Waals surface area contributed by atoms with Gasteiger partial charge in [0.05, 0.1) is 0 Å². The second kappa shape index (κ2) is 6.44. The maximum atomic E-state index is 11.9. The van der Waals surface area contributed by atoms with E-state index in [1.54, 1.807) is 0 Å². The third kappa shape index (κ3) is 4.58. The molecule has 0 bridgehead atoms. The quantitative estimate of drug-likeness (QED) is 0.584. The summed E-state index contributed by atoms with van der Waals surface area (Å²) in [6.07, 6.45) is 0. The van der Waals surface area contributed by atoms with Gasteiger partial charge in [-0.15, -0.1) is 0 Å². The summed E-state index contributed by atoms with van der Waals surface area (Å²) in [6, 6.07) is 10.4. The van der Waals surface area contributed by atoms with Crippen molar-refractivity contribution in [2.24, 2.45) is 0 Å². The molecule has 124 valence electrons. The highest BCUT2D eigenvalue weighted by Crippen LogP contribution is 2.27.